The van der Waals surface area contributed by atoms with Crippen LogP contribution in [-0.4, -0.2) is 15.5 Å². The molecule has 1 aromatic carbocycles. The minimum atomic E-state index is -0.768. The van der Waals surface area contributed by atoms with Crippen LogP contribution in [0.5, 0.6) is 0 Å². The van der Waals surface area contributed by atoms with Crippen LogP contribution in [0, 0.1) is 0 Å². The lowest BCUT2D eigenvalue weighted by atomic mass is 10.3. The first-order valence-electron chi connectivity index (χ1n) is 4.68. The van der Waals surface area contributed by atoms with Crippen LogP contribution in [-0.2, 0) is 0 Å². The maximum Gasteiger partial charge on any atom is 0.134 e. The lowest BCUT2D eigenvalue weighted by molar-refractivity contribution is 1.16. The van der Waals surface area contributed by atoms with Crippen LogP contribution >= 0.6 is 0 Å². The maximum atomic E-state index is 3.79. The minimum absolute atomic E-state index is 0.768. The summed E-state index contributed by atoms with van der Waals surface area (Å²) in [5.41, 5.74) is 1.32. The first-order chi connectivity index (χ1) is 6.25. The molecular weight excluding hydrogens is 174 g/mol. The summed E-state index contributed by atoms with van der Waals surface area (Å²) in [5.74, 6) is 0. The van der Waals surface area contributed by atoms with Crippen LogP contribution in [0.2, 0.25) is 13.1 Å². The largest absolute Gasteiger partial charge is 0.397 e. The summed E-state index contributed by atoms with van der Waals surface area (Å²) < 4.78 is 2.45. The van der Waals surface area contributed by atoms with Gasteiger partial charge in [-0.05, 0) is 12.1 Å². The van der Waals surface area contributed by atoms with Crippen LogP contribution in [0.4, 0.5) is 5.69 Å². The Morgan fingerprint density at radius 3 is 2.38 bits per heavy atom. The zero-order valence-electron chi connectivity index (χ0n) is 8.40. The third-order valence-corrected chi connectivity index (χ3v) is 3.79. The van der Waals surface area contributed by atoms with Crippen molar-refractivity contribution in [2.75, 3.05) is 11.1 Å². The van der Waals surface area contributed by atoms with Crippen molar-refractivity contribution in [3.05, 3.63) is 43.0 Å². The van der Waals surface area contributed by atoms with Crippen LogP contribution in [0.25, 0.3) is 0 Å². The molecule has 0 N–H and O–H groups in total. The van der Waals surface area contributed by atoms with Gasteiger partial charge >= 0.3 is 0 Å². The summed E-state index contributed by atoms with van der Waals surface area (Å²) in [4.78, 5) is 0. The molecule has 0 amide bonds. The molecule has 1 nitrogen and oxygen atoms in total. The van der Waals surface area contributed by atoms with Gasteiger partial charge in [0.05, 0.1) is 0 Å². The van der Waals surface area contributed by atoms with Crippen molar-refractivity contribution >= 4 is 14.6 Å². The van der Waals surface area contributed by atoms with E-state index in [0.29, 0.717) is 0 Å². The van der Waals surface area contributed by atoms with Gasteiger partial charge in [0.1, 0.15) is 8.96 Å². The molecule has 0 aliphatic rings. The quantitative estimate of drug-likeness (QED) is 0.522. The van der Waals surface area contributed by atoms with E-state index in [1.807, 2.05) is 6.08 Å². The molecule has 0 bridgehead atoms. The molecule has 1 aromatic rings. The Bertz CT molecular complexity index is 256. The molecule has 1 rings (SSSR count). The summed E-state index contributed by atoms with van der Waals surface area (Å²) >= 11 is 0. The highest BCUT2D eigenvalue weighted by Crippen LogP contribution is 2.14. The fourth-order valence-corrected chi connectivity index (χ4v) is 2.71. The Labute approximate surface area is 82.4 Å². The van der Waals surface area contributed by atoms with E-state index in [9.17, 15) is 0 Å². The second-order valence-electron chi connectivity index (χ2n) is 3.37. The highest BCUT2D eigenvalue weighted by Gasteiger charge is 2.08. The van der Waals surface area contributed by atoms with Gasteiger partial charge in [-0.2, -0.15) is 0 Å². The summed E-state index contributed by atoms with van der Waals surface area (Å²) in [6.07, 6.45) is 1.97. The fraction of sp³-hybridized carbons (Fsp3) is 0.273. The molecule has 0 heterocycles. The fourth-order valence-electron chi connectivity index (χ4n) is 1.37. The number of anilines is 1. The highest BCUT2D eigenvalue weighted by molar-refractivity contribution is 6.60. The molecule has 0 unspecified atom stereocenters. The van der Waals surface area contributed by atoms with Gasteiger partial charge in [0.2, 0.25) is 0 Å². The molecule has 0 aliphatic carbocycles. The Morgan fingerprint density at radius 2 is 1.92 bits per heavy atom. The van der Waals surface area contributed by atoms with Crippen molar-refractivity contribution in [2.45, 2.75) is 13.1 Å². The van der Waals surface area contributed by atoms with Gasteiger partial charge in [-0.25, -0.2) is 0 Å². The average molecular weight is 191 g/mol. The Hall–Kier alpha value is -1.02. The van der Waals surface area contributed by atoms with Crippen LogP contribution in [0.3, 0.4) is 0 Å². The molecule has 0 fully saturated rings. The first-order valence-corrected chi connectivity index (χ1v) is 7.51. The van der Waals surface area contributed by atoms with Gasteiger partial charge in [-0.15, -0.1) is 6.58 Å². The molecule has 2 heteroatoms. The topological polar surface area (TPSA) is 3.24 Å². The lowest BCUT2D eigenvalue weighted by Crippen LogP contribution is -2.34. The SMILES string of the molecule is C=CCN(c1ccccc1)[SiH](C)C. The van der Waals surface area contributed by atoms with Gasteiger partial charge in [-0.1, -0.05) is 37.4 Å². The Kier molecular flexibility index (Phi) is 3.77. The van der Waals surface area contributed by atoms with Gasteiger partial charge < -0.3 is 4.57 Å². The number of rotatable bonds is 4. The van der Waals surface area contributed by atoms with E-state index in [1.165, 1.54) is 5.69 Å². The second kappa shape index (κ2) is 4.87. The van der Waals surface area contributed by atoms with Crippen molar-refractivity contribution in [3.63, 3.8) is 0 Å². The average Bonchev–Trinajstić information content (AvgIpc) is 2.15. The minimum Gasteiger partial charge on any atom is -0.397 e. The molecule has 0 atom stereocenters. The van der Waals surface area contributed by atoms with Gasteiger partial charge in [0, 0.05) is 12.2 Å². The van der Waals surface area contributed by atoms with Crippen molar-refractivity contribution in [1.82, 2.24) is 0 Å². The summed E-state index contributed by atoms with van der Waals surface area (Å²) in [6.45, 7) is 9.41. The first kappa shape index (κ1) is 10.1. The zero-order chi connectivity index (χ0) is 9.68. The van der Waals surface area contributed by atoms with E-state index in [-0.39, 0.29) is 0 Å². The Balaban J connectivity index is 2.82. The van der Waals surface area contributed by atoms with Crippen molar-refractivity contribution in [2.24, 2.45) is 0 Å². The maximum absolute atomic E-state index is 3.79. The van der Waals surface area contributed by atoms with Crippen LogP contribution < -0.4 is 4.57 Å². The number of hydrogen-bond donors (Lipinski definition) is 0. The van der Waals surface area contributed by atoms with Crippen molar-refractivity contribution in [1.29, 1.82) is 0 Å². The van der Waals surface area contributed by atoms with E-state index in [4.69, 9.17) is 0 Å². The standard InChI is InChI=1S/C11H17NSi/c1-4-10-12(13(2)3)11-8-6-5-7-9-11/h4-9,13H,1,10H2,2-3H3. The zero-order valence-corrected chi connectivity index (χ0v) is 9.56. The van der Waals surface area contributed by atoms with E-state index < -0.39 is 8.96 Å². The highest BCUT2D eigenvalue weighted by atomic mass is 28.3. The summed E-state index contributed by atoms with van der Waals surface area (Å²) in [5, 5.41) is 0. The molecule has 0 aromatic heterocycles. The number of benzene rings is 1. The molecule has 0 saturated heterocycles. The normalized spacial score (nSPS) is 10.1. The van der Waals surface area contributed by atoms with E-state index in [1.54, 1.807) is 0 Å². The second-order valence-corrected chi connectivity index (χ2v) is 6.18. The third-order valence-electron chi connectivity index (χ3n) is 2.04. The van der Waals surface area contributed by atoms with E-state index >= 15 is 0 Å². The van der Waals surface area contributed by atoms with E-state index in [0.717, 1.165) is 6.54 Å². The van der Waals surface area contributed by atoms with E-state index in [2.05, 4.69) is 54.6 Å². The van der Waals surface area contributed by atoms with Gasteiger partial charge in [-0.3, -0.25) is 0 Å². The number of hydrogen-bond acceptors (Lipinski definition) is 1. The molecule has 13 heavy (non-hydrogen) atoms. The monoisotopic (exact) mass is 191 g/mol. The molecule has 0 spiro atoms. The lowest BCUT2D eigenvalue weighted by Gasteiger charge is -2.27. The molecule has 0 radical (unpaired) electrons. The van der Waals surface area contributed by atoms with Crippen LogP contribution in [0.1, 0.15) is 0 Å². The summed E-state index contributed by atoms with van der Waals surface area (Å²) in [7, 11) is -0.768. The van der Waals surface area contributed by atoms with Crippen LogP contribution in [0.15, 0.2) is 43.0 Å². The Morgan fingerprint density at radius 1 is 1.31 bits per heavy atom. The number of nitrogens with zero attached hydrogens (tertiary/aromatic N) is 1. The smallest absolute Gasteiger partial charge is 0.134 e. The molecule has 0 saturated carbocycles. The molecule has 70 valence electrons. The molecular formula is C11H17NSi. The molecule has 0 aliphatic heterocycles. The van der Waals surface area contributed by atoms with Crippen molar-refractivity contribution < 1.29 is 0 Å². The van der Waals surface area contributed by atoms with Gasteiger partial charge in [0.15, 0.2) is 0 Å². The third kappa shape index (κ3) is 2.74. The predicted octanol–water partition coefficient (Wildman–Crippen LogP) is 2.66. The number of para-hydroxylation sites is 1. The summed E-state index contributed by atoms with van der Waals surface area (Å²) in [6, 6.07) is 10.6. The predicted molar refractivity (Wildman–Crippen MR) is 62.9 cm³/mol. The van der Waals surface area contributed by atoms with Crippen molar-refractivity contribution in [3.8, 4) is 0 Å². The van der Waals surface area contributed by atoms with Gasteiger partial charge in [0.25, 0.3) is 0 Å².